The van der Waals surface area contributed by atoms with E-state index >= 15 is 0 Å². The molecule has 1 heteroatoms. The van der Waals surface area contributed by atoms with Crippen molar-refractivity contribution in [2.75, 3.05) is 0 Å². The van der Waals surface area contributed by atoms with Crippen molar-refractivity contribution in [3.05, 3.63) is 24.8 Å². The lowest BCUT2D eigenvalue weighted by atomic mass is 9.73. The number of hydrogen-bond acceptors (Lipinski definition) is 1. The summed E-state index contributed by atoms with van der Waals surface area (Å²) in [5, 5.41) is 0. The fraction of sp³-hybridized carbons (Fsp3) is 0.500. The molecule has 0 radical (unpaired) electrons. The van der Waals surface area contributed by atoms with E-state index in [0.717, 1.165) is 0 Å². The molecule has 0 bridgehead atoms. The highest BCUT2D eigenvalue weighted by Crippen LogP contribution is 2.35. The third kappa shape index (κ3) is 1.59. The molecular weight excluding hydrogens is 136 g/mol. The summed E-state index contributed by atoms with van der Waals surface area (Å²) >= 11 is 0. The van der Waals surface area contributed by atoms with E-state index in [4.69, 9.17) is 0 Å². The molecule has 1 aliphatic rings. The number of ketones is 1. The molecule has 1 nitrogen and oxygen atoms in total. The van der Waals surface area contributed by atoms with Gasteiger partial charge in [-0.2, -0.15) is 0 Å². The van der Waals surface area contributed by atoms with Crippen LogP contribution in [0.5, 0.6) is 0 Å². The molecule has 0 aromatic heterocycles. The summed E-state index contributed by atoms with van der Waals surface area (Å²) < 4.78 is 0. The molecule has 0 spiro atoms. The minimum atomic E-state index is 0.107. The topological polar surface area (TPSA) is 17.1 Å². The first-order valence-electron chi connectivity index (χ1n) is 3.91. The maximum absolute atomic E-state index is 11.0. The molecule has 0 aromatic carbocycles. The molecule has 0 aliphatic heterocycles. The quantitative estimate of drug-likeness (QED) is 0.524. The minimum absolute atomic E-state index is 0.107. The van der Waals surface area contributed by atoms with E-state index < -0.39 is 0 Å². The first-order valence-corrected chi connectivity index (χ1v) is 3.91. The second kappa shape index (κ2) is 2.65. The largest absolute Gasteiger partial charge is 0.295 e. The molecule has 0 N–H and O–H groups in total. The van der Waals surface area contributed by atoms with Gasteiger partial charge in [-0.3, -0.25) is 4.79 Å². The van der Waals surface area contributed by atoms with Gasteiger partial charge in [-0.25, -0.2) is 0 Å². The summed E-state index contributed by atoms with van der Waals surface area (Å²) in [6, 6.07) is 0. The van der Waals surface area contributed by atoms with E-state index in [-0.39, 0.29) is 11.2 Å². The van der Waals surface area contributed by atoms with Crippen LogP contribution in [0.4, 0.5) is 0 Å². The molecule has 0 saturated heterocycles. The molecule has 0 unspecified atom stereocenters. The zero-order valence-electron chi connectivity index (χ0n) is 7.13. The van der Waals surface area contributed by atoms with E-state index in [1.54, 1.807) is 6.08 Å². The van der Waals surface area contributed by atoms with Crippen molar-refractivity contribution < 1.29 is 4.79 Å². The highest BCUT2D eigenvalue weighted by atomic mass is 16.1. The lowest BCUT2D eigenvalue weighted by Gasteiger charge is -2.31. The van der Waals surface area contributed by atoms with Crippen LogP contribution < -0.4 is 0 Å². The average molecular weight is 150 g/mol. The molecular formula is C10H14O. The Morgan fingerprint density at radius 3 is 2.82 bits per heavy atom. The van der Waals surface area contributed by atoms with Crippen molar-refractivity contribution in [3.63, 3.8) is 0 Å². The van der Waals surface area contributed by atoms with Crippen molar-refractivity contribution in [2.45, 2.75) is 20.3 Å². The van der Waals surface area contributed by atoms with Gasteiger partial charge in [0.15, 0.2) is 5.78 Å². The smallest absolute Gasteiger partial charge is 0.156 e. The van der Waals surface area contributed by atoms with Gasteiger partial charge in [0.05, 0.1) is 0 Å². The van der Waals surface area contributed by atoms with Crippen molar-refractivity contribution in [3.8, 4) is 0 Å². The summed E-state index contributed by atoms with van der Waals surface area (Å²) in [6.07, 6.45) is 6.15. The number of hydrogen-bond donors (Lipinski definition) is 0. The van der Waals surface area contributed by atoms with Gasteiger partial charge in [-0.1, -0.05) is 26.0 Å². The van der Waals surface area contributed by atoms with Gasteiger partial charge in [0.2, 0.25) is 0 Å². The molecule has 0 saturated carbocycles. The monoisotopic (exact) mass is 150 g/mol. The van der Waals surface area contributed by atoms with Gasteiger partial charge < -0.3 is 0 Å². The lowest BCUT2D eigenvalue weighted by molar-refractivity contribution is -0.116. The maximum atomic E-state index is 11.0. The predicted molar refractivity (Wildman–Crippen MR) is 46.2 cm³/mol. The molecule has 0 amide bonds. The molecule has 1 rings (SSSR count). The van der Waals surface area contributed by atoms with Gasteiger partial charge in [0.1, 0.15) is 0 Å². The van der Waals surface area contributed by atoms with E-state index in [1.165, 1.54) is 0 Å². The van der Waals surface area contributed by atoms with Crippen LogP contribution in [0.25, 0.3) is 0 Å². The van der Waals surface area contributed by atoms with Gasteiger partial charge in [0, 0.05) is 6.42 Å². The van der Waals surface area contributed by atoms with Gasteiger partial charge in [0.25, 0.3) is 0 Å². The Hall–Kier alpha value is -0.850. The minimum Gasteiger partial charge on any atom is -0.295 e. The summed E-state index contributed by atoms with van der Waals surface area (Å²) in [5.74, 6) is 0.522. The predicted octanol–water partition coefficient (Wildman–Crippen LogP) is 2.34. The Morgan fingerprint density at radius 1 is 1.73 bits per heavy atom. The second-order valence-electron chi connectivity index (χ2n) is 3.67. The molecule has 60 valence electrons. The lowest BCUT2D eigenvalue weighted by Crippen LogP contribution is -2.26. The van der Waals surface area contributed by atoms with Crippen LogP contribution in [0.1, 0.15) is 20.3 Å². The standard InChI is InChI=1S/C10H14O/c1-4-8-7-9(11)5-6-10(8,2)3/h4-6,8H,1,7H2,2-3H3/t8-/m1/s1. The van der Waals surface area contributed by atoms with Crippen molar-refractivity contribution in [2.24, 2.45) is 11.3 Å². The first-order chi connectivity index (χ1) is 5.06. The molecule has 11 heavy (non-hydrogen) atoms. The maximum Gasteiger partial charge on any atom is 0.156 e. The number of allylic oxidation sites excluding steroid dienone is 3. The van der Waals surface area contributed by atoms with Crippen LogP contribution in [0.3, 0.4) is 0 Å². The molecule has 0 fully saturated rings. The summed E-state index contributed by atoms with van der Waals surface area (Å²) in [6.45, 7) is 7.98. The van der Waals surface area contributed by atoms with Crippen LogP contribution in [-0.4, -0.2) is 5.78 Å². The zero-order valence-corrected chi connectivity index (χ0v) is 7.13. The normalized spacial score (nSPS) is 28.5. The number of carbonyl (C=O) groups is 1. The van der Waals surface area contributed by atoms with Crippen LogP contribution >= 0.6 is 0 Å². The van der Waals surface area contributed by atoms with E-state index in [9.17, 15) is 4.79 Å². The zero-order chi connectivity index (χ0) is 8.48. The Balaban J connectivity index is 2.89. The summed E-state index contributed by atoms with van der Waals surface area (Å²) in [5.41, 5.74) is 0.107. The van der Waals surface area contributed by atoms with Crippen molar-refractivity contribution >= 4 is 5.78 Å². The molecule has 0 heterocycles. The van der Waals surface area contributed by atoms with Crippen LogP contribution in [0.15, 0.2) is 24.8 Å². The molecule has 1 atom stereocenters. The number of carbonyl (C=O) groups excluding carboxylic acids is 1. The van der Waals surface area contributed by atoms with E-state index in [1.807, 2.05) is 12.2 Å². The fourth-order valence-electron chi connectivity index (χ4n) is 1.37. The van der Waals surface area contributed by atoms with Gasteiger partial charge in [-0.05, 0) is 17.4 Å². The molecule has 1 aliphatic carbocycles. The van der Waals surface area contributed by atoms with Gasteiger partial charge in [-0.15, -0.1) is 6.58 Å². The Labute approximate surface area is 67.8 Å². The highest BCUT2D eigenvalue weighted by molar-refractivity contribution is 5.91. The second-order valence-corrected chi connectivity index (χ2v) is 3.67. The third-order valence-corrected chi connectivity index (χ3v) is 2.36. The average Bonchev–Trinajstić information content (AvgIpc) is 1.94. The third-order valence-electron chi connectivity index (χ3n) is 2.36. The van der Waals surface area contributed by atoms with E-state index in [0.29, 0.717) is 12.3 Å². The van der Waals surface area contributed by atoms with Crippen LogP contribution in [-0.2, 0) is 4.79 Å². The summed E-state index contributed by atoms with van der Waals surface area (Å²) in [4.78, 5) is 11.0. The highest BCUT2D eigenvalue weighted by Gasteiger charge is 2.29. The Kier molecular flexibility index (Phi) is 1.99. The van der Waals surface area contributed by atoms with E-state index in [2.05, 4.69) is 20.4 Å². The van der Waals surface area contributed by atoms with Crippen LogP contribution in [0.2, 0.25) is 0 Å². The first kappa shape index (κ1) is 8.25. The van der Waals surface area contributed by atoms with Gasteiger partial charge >= 0.3 is 0 Å². The Bertz CT molecular complexity index is 211. The Morgan fingerprint density at radius 2 is 2.36 bits per heavy atom. The summed E-state index contributed by atoms with van der Waals surface area (Å²) in [7, 11) is 0. The molecule has 0 aromatic rings. The SMILES string of the molecule is C=C[C@@H]1CC(=O)C=CC1(C)C. The van der Waals surface area contributed by atoms with Crippen molar-refractivity contribution in [1.29, 1.82) is 0 Å². The number of rotatable bonds is 1. The van der Waals surface area contributed by atoms with Crippen molar-refractivity contribution in [1.82, 2.24) is 0 Å². The fourth-order valence-corrected chi connectivity index (χ4v) is 1.37. The van der Waals surface area contributed by atoms with Crippen LogP contribution in [0, 0.1) is 11.3 Å².